The number of nitrogens with two attached hydrogens (primary N) is 1. The number of carbonyl (C=O) groups is 1. The smallest absolute Gasteiger partial charge is 0.250 e. The third kappa shape index (κ3) is 4.03. The summed E-state index contributed by atoms with van der Waals surface area (Å²) in [6.07, 6.45) is 0. The van der Waals surface area contributed by atoms with Crippen LogP contribution in [0.4, 0.5) is 0 Å². The fraction of sp³-hybridized carbons (Fsp3) is 0.318. The number of hydrogen-bond acceptors (Lipinski definition) is 4. The van der Waals surface area contributed by atoms with E-state index in [9.17, 15) is 4.79 Å². The van der Waals surface area contributed by atoms with Gasteiger partial charge in [-0.15, -0.1) is 0 Å². The number of para-hydroxylation sites is 1. The zero-order valence-corrected chi connectivity index (χ0v) is 16.1. The standard InChI is InChI=1S/C22H26N4O2/c1-25-9-11-26(12-10-25)13-14-28-18-7-5-16(6-8-18)20-15-17-3-2-4-19(22(23)27)21(17)24-20/h2-8,15,24H,9-14H2,1H3,(H2,23,27). The number of rotatable bonds is 6. The summed E-state index contributed by atoms with van der Waals surface area (Å²) in [6.45, 7) is 6.09. The van der Waals surface area contributed by atoms with Crippen molar-refractivity contribution < 1.29 is 9.53 Å². The maximum absolute atomic E-state index is 11.6. The zero-order chi connectivity index (χ0) is 19.5. The third-order valence-electron chi connectivity index (χ3n) is 5.36. The molecule has 0 unspecified atom stereocenters. The molecular formula is C22H26N4O2. The van der Waals surface area contributed by atoms with Crippen LogP contribution in [-0.4, -0.2) is 67.1 Å². The molecule has 3 N–H and O–H groups in total. The molecule has 28 heavy (non-hydrogen) atoms. The van der Waals surface area contributed by atoms with E-state index >= 15 is 0 Å². The van der Waals surface area contributed by atoms with Crippen molar-refractivity contribution in [1.82, 2.24) is 14.8 Å². The van der Waals surface area contributed by atoms with Crippen LogP contribution in [0.3, 0.4) is 0 Å². The number of benzene rings is 2. The van der Waals surface area contributed by atoms with Gasteiger partial charge in [0.1, 0.15) is 12.4 Å². The summed E-state index contributed by atoms with van der Waals surface area (Å²) in [6, 6.07) is 15.6. The second kappa shape index (κ2) is 8.04. The minimum Gasteiger partial charge on any atom is -0.492 e. The van der Waals surface area contributed by atoms with E-state index < -0.39 is 5.91 Å². The molecule has 6 heteroatoms. The number of fused-ring (bicyclic) bond motifs is 1. The molecule has 0 aliphatic carbocycles. The van der Waals surface area contributed by atoms with Gasteiger partial charge in [0.05, 0.1) is 11.1 Å². The first-order valence-corrected chi connectivity index (χ1v) is 9.66. The van der Waals surface area contributed by atoms with E-state index in [2.05, 4.69) is 21.8 Å². The van der Waals surface area contributed by atoms with Gasteiger partial charge < -0.3 is 20.4 Å². The highest BCUT2D eigenvalue weighted by atomic mass is 16.5. The molecule has 6 nitrogen and oxygen atoms in total. The van der Waals surface area contributed by atoms with Crippen LogP contribution in [0.5, 0.6) is 5.75 Å². The summed E-state index contributed by atoms with van der Waals surface area (Å²) < 4.78 is 5.91. The quantitative estimate of drug-likeness (QED) is 0.691. The first-order valence-electron chi connectivity index (χ1n) is 9.66. The van der Waals surface area contributed by atoms with Crippen LogP contribution in [0.1, 0.15) is 10.4 Å². The molecule has 3 aromatic rings. The Morgan fingerprint density at radius 2 is 1.86 bits per heavy atom. The SMILES string of the molecule is CN1CCN(CCOc2ccc(-c3cc4cccc(C(N)=O)c4[nH]3)cc2)CC1. The Kier molecular flexibility index (Phi) is 5.32. The molecule has 0 bridgehead atoms. The molecule has 146 valence electrons. The highest BCUT2D eigenvalue weighted by Gasteiger charge is 2.13. The van der Waals surface area contributed by atoms with Crippen LogP contribution in [-0.2, 0) is 0 Å². The molecule has 0 atom stereocenters. The van der Waals surface area contributed by atoms with Gasteiger partial charge in [-0.1, -0.05) is 12.1 Å². The molecule has 1 aromatic heterocycles. The van der Waals surface area contributed by atoms with Crippen LogP contribution >= 0.6 is 0 Å². The number of piperazine rings is 1. The number of primary amides is 1. The molecule has 1 fully saturated rings. The van der Waals surface area contributed by atoms with Gasteiger partial charge in [0, 0.05) is 43.8 Å². The van der Waals surface area contributed by atoms with E-state index in [-0.39, 0.29) is 0 Å². The molecule has 1 saturated heterocycles. The fourth-order valence-electron chi connectivity index (χ4n) is 3.61. The first kappa shape index (κ1) is 18.5. The Labute approximate surface area is 164 Å². The molecule has 2 aromatic carbocycles. The highest BCUT2D eigenvalue weighted by molar-refractivity contribution is 6.06. The lowest BCUT2D eigenvalue weighted by atomic mass is 10.1. The summed E-state index contributed by atoms with van der Waals surface area (Å²) in [5, 5.41) is 0.971. The van der Waals surface area contributed by atoms with Gasteiger partial charge in [-0.2, -0.15) is 0 Å². The molecule has 1 aliphatic rings. The molecule has 0 saturated carbocycles. The predicted octanol–water partition coefficient (Wildman–Crippen LogP) is 2.56. The second-order valence-electron chi connectivity index (χ2n) is 7.33. The van der Waals surface area contributed by atoms with E-state index in [1.165, 1.54) is 0 Å². The average molecular weight is 378 g/mol. The Morgan fingerprint density at radius 1 is 1.11 bits per heavy atom. The maximum Gasteiger partial charge on any atom is 0.250 e. The van der Waals surface area contributed by atoms with Crippen molar-refractivity contribution in [3.63, 3.8) is 0 Å². The van der Waals surface area contributed by atoms with Gasteiger partial charge in [0.25, 0.3) is 5.91 Å². The van der Waals surface area contributed by atoms with E-state index in [0.717, 1.165) is 60.6 Å². The Morgan fingerprint density at radius 3 is 2.57 bits per heavy atom. The van der Waals surface area contributed by atoms with E-state index in [4.69, 9.17) is 10.5 Å². The Bertz CT molecular complexity index is 956. The molecular weight excluding hydrogens is 352 g/mol. The topological polar surface area (TPSA) is 74.6 Å². The lowest BCUT2D eigenvalue weighted by Gasteiger charge is -2.32. The van der Waals surface area contributed by atoms with Gasteiger partial charge in [0.2, 0.25) is 0 Å². The van der Waals surface area contributed by atoms with Crippen LogP contribution in [0.25, 0.3) is 22.2 Å². The zero-order valence-electron chi connectivity index (χ0n) is 16.1. The summed E-state index contributed by atoms with van der Waals surface area (Å²) >= 11 is 0. The second-order valence-corrected chi connectivity index (χ2v) is 7.33. The van der Waals surface area contributed by atoms with Gasteiger partial charge in [-0.25, -0.2) is 0 Å². The van der Waals surface area contributed by atoms with Crippen molar-refractivity contribution in [3.8, 4) is 17.0 Å². The number of aromatic nitrogens is 1. The minimum atomic E-state index is -0.428. The first-order chi connectivity index (χ1) is 13.6. The number of amides is 1. The van der Waals surface area contributed by atoms with Crippen molar-refractivity contribution in [1.29, 1.82) is 0 Å². The average Bonchev–Trinajstić information content (AvgIpc) is 3.14. The van der Waals surface area contributed by atoms with Crippen LogP contribution in [0.15, 0.2) is 48.5 Å². The number of aromatic amines is 1. The summed E-state index contributed by atoms with van der Waals surface area (Å²) in [4.78, 5) is 19.7. The fourth-order valence-corrected chi connectivity index (χ4v) is 3.61. The largest absolute Gasteiger partial charge is 0.492 e. The molecule has 0 spiro atoms. The van der Waals surface area contributed by atoms with Crippen molar-refractivity contribution in [2.45, 2.75) is 0 Å². The molecule has 2 heterocycles. The number of hydrogen-bond donors (Lipinski definition) is 2. The van der Waals surface area contributed by atoms with E-state index in [1.807, 2.05) is 42.5 Å². The van der Waals surface area contributed by atoms with Crippen molar-refractivity contribution >= 4 is 16.8 Å². The minimum absolute atomic E-state index is 0.428. The van der Waals surface area contributed by atoms with Crippen LogP contribution < -0.4 is 10.5 Å². The summed E-state index contributed by atoms with van der Waals surface area (Å²) in [7, 11) is 2.16. The lowest BCUT2D eigenvalue weighted by molar-refractivity contribution is 0.100. The van der Waals surface area contributed by atoms with E-state index in [1.54, 1.807) is 6.07 Å². The summed E-state index contributed by atoms with van der Waals surface area (Å²) in [5.41, 5.74) is 8.75. The van der Waals surface area contributed by atoms with Crippen molar-refractivity contribution in [2.24, 2.45) is 5.73 Å². The number of nitrogens with one attached hydrogen (secondary N) is 1. The molecule has 4 rings (SSSR count). The number of ether oxygens (including phenoxy) is 1. The van der Waals surface area contributed by atoms with Crippen molar-refractivity contribution in [2.75, 3.05) is 46.4 Å². The van der Waals surface area contributed by atoms with Gasteiger partial charge in [-0.3, -0.25) is 9.69 Å². The predicted molar refractivity (Wildman–Crippen MR) is 112 cm³/mol. The Balaban J connectivity index is 1.40. The molecule has 1 amide bonds. The van der Waals surface area contributed by atoms with Crippen LogP contribution in [0.2, 0.25) is 0 Å². The van der Waals surface area contributed by atoms with Crippen molar-refractivity contribution in [3.05, 3.63) is 54.1 Å². The summed E-state index contributed by atoms with van der Waals surface area (Å²) in [5.74, 6) is 0.440. The van der Waals surface area contributed by atoms with Crippen LogP contribution in [0, 0.1) is 0 Å². The number of likely N-dealkylation sites (N-methyl/N-ethyl adjacent to an activating group) is 1. The third-order valence-corrected chi connectivity index (χ3v) is 5.36. The van der Waals surface area contributed by atoms with Gasteiger partial charge in [0.15, 0.2) is 0 Å². The highest BCUT2D eigenvalue weighted by Crippen LogP contribution is 2.27. The monoisotopic (exact) mass is 378 g/mol. The maximum atomic E-state index is 11.6. The Hall–Kier alpha value is -2.83. The number of carbonyl (C=O) groups excluding carboxylic acids is 1. The van der Waals surface area contributed by atoms with Gasteiger partial charge >= 0.3 is 0 Å². The molecule has 0 radical (unpaired) electrons. The number of nitrogens with zero attached hydrogens (tertiary/aromatic N) is 2. The lowest BCUT2D eigenvalue weighted by Crippen LogP contribution is -2.45. The van der Waals surface area contributed by atoms with Gasteiger partial charge in [-0.05, 0) is 49.0 Å². The normalized spacial score (nSPS) is 15.8. The molecule has 1 aliphatic heterocycles. The number of H-pyrrole nitrogens is 1. The van der Waals surface area contributed by atoms with E-state index in [0.29, 0.717) is 12.2 Å².